The Kier molecular flexibility index (Phi) is 11.6. The Morgan fingerprint density at radius 2 is 1.83 bits per heavy atom. The van der Waals surface area contributed by atoms with Gasteiger partial charge in [0.25, 0.3) is 15.9 Å². The van der Waals surface area contributed by atoms with E-state index in [2.05, 4.69) is 15.1 Å². The smallest absolute Gasteiger partial charge is 0.410 e. The van der Waals surface area contributed by atoms with E-state index in [9.17, 15) is 31.2 Å². The third kappa shape index (κ3) is 10.3. The van der Waals surface area contributed by atoms with E-state index in [1.54, 1.807) is 18.0 Å². The molecule has 53 heavy (non-hydrogen) atoms. The lowest BCUT2D eigenvalue weighted by molar-refractivity contribution is -0.151. The first kappa shape index (κ1) is 40.1. The molecule has 3 aromatic rings. The van der Waals surface area contributed by atoms with Crippen molar-refractivity contribution >= 4 is 39.4 Å². The lowest BCUT2D eigenvalue weighted by Gasteiger charge is -2.33. The number of pyridine rings is 2. The number of amides is 2. The highest BCUT2D eigenvalue weighted by Crippen LogP contribution is 2.51. The summed E-state index contributed by atoms with van der Waals surface area (Å²) in [7, 11) is -2.61. The van der Waals surface area contributed by atoms with Crippen LogP contribution in [0.4, 0.5) is 23.8 Å². The number of aromatic nitrogens is 4. The Balaban J connectivity index is 1.12. The SMILES string of the molecule is CN(CCCC1CN(C(=O)OC(C)(C)C)C(C)(C)C1)c1cccc(S(=O)(=O)NC(=O)c2ccc(-n3ccc(OCCC4CC4C(F)(F)F)n3)nc2Cl)n1. The van der Waals surface area contributed by atoms with Gasteiger partial charge in [-0.2, -0.15) is 21.6 Å². The lowest BCUT2D eigenvalue weighted by Crippen LogP contribution is -2.45. The summed E-state index contributed by atoms with van der Waals surface area (Å²) in [6, 6.07) is 8.68. The molecule has 2 aliphatic rings. The van der Waals surface area contributed by atoms with Crippen LogP contribution in [-0.4, -0.2) is 89.1 Å². The molecule has 3 aromatic heterocycles. The van der Waals surface area contributed by atoms with Crippen LogP contribution in [0.2, 0.25) is 5.15 Å². The van der Waals surface area contributed by atoms with E-state index < -0.39 is 39.5 Å². The highest BCUT2D eigenvalue weighted by molar-refractivity contribution is 7.90. The summed E-state index contributed by atoms with van der Waals surface area (Å²) in [5.41, 5.74) is -1.12. The second-order valence-electron chi connectivity index (χ2n) is 15.2. The molecule has 1 saturated carbocycles. The monoisotopic (exact) mass is 783 g/mol. The molecule has 0 aromatic carbocycles. The summed E-state index contributed by atoms with van der Waals surface area (Å²) >= 11 is 6.28. The first-order valence-corrected chi connectivity index (χ1v) is 19.2. The number of rotatable bonds is 13. The number of carbonyl (C=O) groups excluding carboxylic acids is 2. The number of carbonyl (C=O) groups is 2. The molecule has 290 valence electrons. The molecule has 2 fully saturated rings. The molecule has 3 unspecified atom stereocenters. The van der Waals surface area contributed by atoms with Crippen molar-refractivity contribution in [3.63, 3.8) is 0 Å². The van der Waals surface area contributed by atoms with Gasteiger partial charge in [0.2, 0.25) is 5.88 Å². The van der Waals surface area contributed by atoms with Crippen LogP contribution >= 0.6 is 11.6 Å². The van der Waals surface area contributed by atoms with Crippen LogP contribution in [0, 0.1) is 17.8 Å². The van der Waals surface area contributed by atoms with E-state index in [-0.39, 0.29) is 64.4 Å². The Labute approximate surface area is 312 Å². The predicted octanol–water partition coefficient (Wildman–Crippen LogP) is 6.65. The molecule has 1 aliphatic carbocycles. The van der Waals surface area contributed by atoms with E-state index >= 15 is 0 Å². The van der Waals surface area contributed by atoms with Gasteiger partial charge in [0, 0.05) is 37.9 Å². The van der Waals surface area contributed by atoms with Gasteiger partial charge >= 0.3 is 12.3 Å². The summed E-state index contributed by atoms with van der Waals surface area (Å²) < 4.78 is 79.0. The number of halogens is 4. The minimum absolute atomic E-state index is 0.0702. The normalized spacial score (nSPS) is 19.9. The van der Waals surface area contributed by atoms with Crippen molar-refractivity contribution in [2.45, 2.75) is 89.1 Å². The van der Waals surface area contributed by atoms with Crippen molar-refractivity contribution in [2.24, 2.45) is 17.8 Å². The van der Waals surface area contributed by atoms with E-state index in [0.29, 0.717) is 18.9 Å². The van der Waals surface area contributed by atoms with Gasteiger partial charge in [-0.05, 0) is 103 Å². The summed E-state index contributed by atoms with van der Waals surface area (Å²) in [4.78, 5) is 37.9. The van der Waals surface area contributed by atoms with E-state index in [1.165, 1.54) is 41.2 Å². The maximum absolute atomic E-state index is 13.2. The first-order chi connectivity index (χ1) is 24.6. The Bertz CT molecular complexity index is 1920. The first-order valence-electron chi connectivity index (χ1n) is 17.3. The van der Waals surface area contributed by atoms with Crippen LogP contribution in [0.3, 0.4) is 0 Å². The molecule has 0 radical (unpaired) electrons. The van der Waals surface area contributed by atoms with Crippen LogP contribution < -0.4 is 14.4 Å². The Hall–Kier alpha value is -4.12. The van der Waals surface area contributed by atoms with Crippen molar-refractivity contribution < 1.29 is 40.7 Å². The zero-order valence-corrected chi connectivity index (χ0v) is 32.1. The maximum atomic E-state index is 13.2. The number of nitrogens with zero attached hydrogens (tertiary/aromatic N) is 6. The quantitative estimate of drug-likeness (QED) is 0.187. The van der Waals surface area contributed by atoms with Gasteiger partial charge < -0.3 is 19.3 Å². The van der Waals surface area contributed by atoms with Gasteiger partial charge in [-0.1, -0.05) is 17.7 Å². The highest BCUT2D eigenvalue weighted by atomic mass is 35.5. The number of hydrogen-bond acceptors (Lipinski definition) is 10. The number of likely N-dealkylation sites (tertiary alicyclic amines) is 1. The average molecular weight is 784 g/mol. The third-order valence-corrected chi connectivity index (χ3v) is 10.8. The van der Waals surface area contributed by atoms with Crippen molar-refractivity contribution in [1.29, 1.82) is 0 Å². The Morgan fingerprint density at radius 1 is 1.09 bits per heavy atom. The van der Waals surface area contributed by atoms with Crippen LogP contribution in [-0.2, 0) is 14.8 Å². The number of ether oxygens (including phenoxy) is 2. The lowest BCUT2D eigenvalue weighted by atomic mass is 9.93. The van der Waals surface area contributed by atoms with Gasteiger partial charge in [0.15, 0.2) is 10.8 Å². The summed E-state index contributed by atoms with van der Waals surface area (Å²) in [5, 5.41) is 3.54. The fourth-order valence-corrected chi connectivity index (χ4v) is 7.63. The molecule has 0 spiro atoms. The van der Waals surface area contributed by atoms with E-state index in [0.717, 1.165) is 19.3 Å². The van der Waals surface area contributed by atoms with Gasteiger partial charge in [-0.3, -0.25) is 4.79 Å². The number of nitrogens with one attached hydrogen (secondary N) is 1. The fourth-order valence-electron chi connectivity index (χ4n) is 6.46. The second kappa shape index (κ2) is 15.3. The van der Waals surface area contributed by atoms with Gasteiger partial charge in [-0.15, -0.1) is 5.10 Å². The zero-order valence-electron chi connectivity index (χ0n) is 30.5. The van der Waals surface area contributed by atoms with E-state index in [1.807, 2.05) is 44.2 Å². The number of sulfonamides is 1. The standard InChI is InChI=1S/C35H45ClF3N7O6S/c1-33(2,3)52-32(48)45-21-22(20-34(45,4)5)9-8-16-44(6)26-10-7-11-29(40-26)53(49,50)43-31(47)24-12-13-27(41-30(24)36)46-17-14-28(42-46)51-18-15-23-19-25(23)35(37,38)39/h7,10-14,17,22-23,25H,8-9,15-16,18-21H2,1-6H3,(H,43,47). The van der Waals surface area contributed by atoms with Crippen LogP contribution in [0.1, 0.15) is 77.1 Å². The third-order valence-electron chi connectivity index (χ3n) is 9.24. The molecule has 1 saturated heterocycles. The number of hydrogen-bond donors (Lipinski definition) is 1. The summed E-state index contributed by atoms with van der Waals surface area (Å²) in [6.07, 6.45) is -0.195. The molecule has 1 N–H and O–H groups in total. The molecule has 18 heteroatoms. The molecule has 2 amide bonds. The molecular weight excluding hydrogens is 739 g/mol. The number of alkyl halides is 3. The molecular formula is C35H45ClF3N7O6S. The van der Waals surface area contributed by atoms with Crippen LogP contribution in [0.25, 0.3) is 5.82 Å². The molecule has 5 rings (SSSR count). The molecule has 1 aliphatic heterocycles. The minimum Gasteiger partial charge on any atom is -0.477 e. The Morgan fingerprint density at radius 3 is 2.49 bits per heavy atom. The summed E-state index contributed by atoms with van der Waals surface area (Å²) in [6.45, 7) is 10.8. The predicted molar refractivity (Wildman–Crippen MR) is 191 cm³/mol. The van der Waals surface area contributed by atoms with Gasteiger partial charge in [0.05, 0.1) is 18.1 Å². The summed E-state index contributed by atoms with van der Waals surface area (Å²) in [5.74, 6) is -1.70. The van der Waals surface area contributed by atoms with Gasteiger partial charge in [0.1, 0.15) is 16.6 Å². The highest BCUT2D eigenvalue weighted by Gasteiger charge is 2.55. The molecule has 13 nitrogen and oxygen atoms in total. The number of anilines is 1. The van der Waals surface area contributed by atoms with Crippen molar-refractivity contribution in [3.8, 4) is 11.7 Å². The van der Waals surface area contributed by atoms with Crippen LogP contribution in [0.5, 0.6) is 5.88 Å². The van der Waals surface area contributed by atoms with Gasteiger partial charge in [-0.25, -0.2) is 24.2 Å². The molecule has 3 atom stereocenters. The second-order valence-corrected chi connectivity index (χ2v) is 17.2. The average Bonchev–Trinajstić information content (AvgIpc) is 3.58. The van der Waals surface area contributed by atoms with Crippen molar-refractivity contribution in [1.82, 2.24) is 29.4 Å². The topological polar surface area (TPSA) is 149 Å². The molecule has 4 heterocycles. The van der Waals surface area contributed by atoms with Crippen molar-refractivity contribution in [2.75, 3.05) is 31.6 Å². The molecule has 0 bridgehead atoms. The van der Waals surface area contributed by atoms with E-state index in [4.69, 9.17) is 21.1 Å². The van der Waals surface area contributed by atoms with Crippen LogP contribution in [0.15, 0.2) is 47.6 Å². The largest absolute Gasteiger partial charge is 0.477 e. The fraction of sp³-hybridized carbons (Fsp3) is 0.571. The maximum Gasteiger partial charge on any atom is 0.410 e. The zero-order chi connectivity index (χ0) is 38.9. The van der Waals surface area contributed by atoms with Crippen molar-refractivity contribution in [3.05, 3.63) is 53.3 Å². The minimum atomic E-state index is -4.41.